The number of benzene rings is 1. The van der Waals surface area contributed by atoms with Gasteiger partial charge in [-0.15, -0.1) is 0 Å². The molecule has 0 unspecified atom stereocenters. The van der Waals surface area contributed by atoms with Crippen molar-refractivity contribution < 1.29 is 24.2 Å². The zero-order valence-corrected chi connectivity index (χ0v) is 13.1. The van der Waals surface area contributed by atoms with Gasteiger partial charge in [0.1, 0.15) is 6.04 Å². The second kappa shape index (κ2) is 8.38. The lowest BCUT2D eigenvalue weighted by Gasteiger charge is -2.18. The van der Waals surface area contributed by atoms with Gasteiger partial charge in [-0.1, -0.05) is 18.5 Å². The highest BCUT2D eigenvalue weighted by Crippen LogP contribution is 2.12. The molecular formula is C15H18ClNO5. The van der Waals surface area contributed by atoms with Crippen molar-refractivity contribution in [3.05, 3.63) is 34.9 Å². The summed E-state index contributed by atoms with van der Waals surface area (Å²) in [6.07, 6.45) is -0.0481. The molecule has 120 valence electrons. The summed E-state index contributed by atoms with van der Waals surface area (Å²) in [5.41, 5.74) is 0.291. The Morgan fingerprint density at radius 2 is 1.86 bits per heavy atom. The van der Waals surface area contributed by atoms with Gasteiger partial charge in [0.05, 0.1) is 12.5 Å². The standard InChI is InChI=1S/C15H18ClNO5/c1-3-22-15(21)9(2)8-12(14(19)20)17-13(18)10-4-6-11(16)7-5-10/h4-7,9,12H,3,8H2,1-2H3,(H,17,18)(H,19,20)/t9-,12+/m1/s1. The normalized spacial score (nSPS) is 13.0. The zero-order valence-electron chi connectivity index (χ0n) is 12.3. The monoisotopic (exact) mass is 327 g/mol. The summed E-state index contributed by atoms with van der Waals surface area (Å²) in [5.74, 6) is -2.88. The lowest BCUT2D eigenvalue weighted by atomic mass is 10.0. The Morgan fingerprint density at radius 3 is 2.36 bits per heavy atom. The Kier molecular flexibility index (Phi) is 6.85. The number of aliphatic carboxylic acids is 1. The van der Waals surface area contributed by atoms with Gasteiger partial charge in [0, 0.05) is 10.6 Å². The van der Waals surface area contributed by atoms with Crippen LogP contribution in [-0.4, -0.2) is 35.6 Å². The van der Waals surface area contributed by atoms with E-state index in [1.54, 1.807) is 13.8 Å². The zero-order chi connectivity index (χ0) is 16.7. The van der Waals surface area contributed by atoms with Crippen LogP contribution in [0.2, 0.25) is 5.02 Å². The SMILES string of the molecule is CCOC(=O)[C@H](C)C[C@H](NC(=O)c1ccc(Cl)cc1)C(=O)O. The Bertz CT molecular complexity index is 543. The fraction of sp³-hybridized carbons (Fsp3) is 0.400. The highest BCUT2D eigenvalue weighted by atomic mass is 35.5. The highest BCUT2D eigenvalue weighted by Gasteiger charge is 2.26. The van der Waals surface area contributed by atoms with Crippen LogP contribution in [0.1, 0.15) is 30.6 Å². The average Bonchev–Trinajstić information content (AvgIpc) is 2.47. The molecule has 0 spiro atoms. The van der Waals surface area contributed by atoms with Crippen LogP contribution >= 0.6 is 11.6 Å². The van der Waals surface area contributed by atoms with Gasteiger partial charge in [-0.3, -0.25) is 9.59 Å². The summed E-state index contributed by atoms with van der Waals surface area (Å²) in [6, 6.07) is 4.88. The van der Waals surface area contributed by atoms with Crippen molar-refractivity contribution >= 4 is 29.4 Å². The molecule has 2 atom stereocenters. The average molecular weight is 328 g/mol. The lowest BCUT2D eigenvalue weighted by molar-refractivity contribution is -0.148. The second-order valence-corrected chi connectivity index (χ2v) is 5.20. The molecule has 1 rings (SSSR count). The molecule has 0 aliphatic carbocycles. The molecule has 1 aromatic carbocycles. The molecule has 0 bridgehead atoms. The van der Waals surface area contributed by atoms with E-state index >= 15 is 0 Å². The van der Waals surface area contributed by atoms with Gasteiger partial charge < -0.3 is 15.2 Å². The molecule has 0 aliphatic rings. The van der Waals surface area contributed by atoms with Crippen molar-refractivity contribution in [2.24, 2.45) is 5.92 Å². The maximum Gasteiger partial charge on any atom is 0.326 e. The number of carbonyl (C=O) groups excluding carboxylic acids is 2. The first kappa shape index (κ1) is 18.0. The number of amides is 1. The quantitative estimate of drug-likeness (QED) is 0.748. The van der Waals surface area contributed by atoms with Gasteiger partial charge in [-0.2, -0.15) is 0 Å². The third kappa shape index (κ3) is 5.37. The maximum atomic E-state index is 12.0. The van der Waals surface area contributed by atoms with Crippen molar-refractivity contribution in [1.82, 2.24) is 5.32 Å². The number of nitrogens with one attached hydrogen (secondary N) is 1. The number of hydrogen-bond acceptors (Lipinski definition) is 4. The first-order valence-electron chi connectivity index (χ1n) is 6.81. The molecular weight excluding hydrogens is 310 g/mol. The van der Waals surface area contributed by atoms with E-state index in [4.69, 9.17) is 16.3 Å². The summed E-state index contributed by atoms with van der Waals surface area (Å²) >= 11 is 5.73. The van der Waals surface area contributed by atoms with E-state index in [0.29, 0.717) is 10.6 Å². The summed E-state index contributed by atoms with van der Waals surface area (Å²) in [4.78, 5) is 34.8. The molecule has 22 heavy (non-hydrogen) atoms. The maximum absolute atomic E-state index is 12.0. The molecule has 0 aliphatic heterocycles. The van der Waals surface area contributed by atoms with E-state index in [1.807, 2.05) is 0 Å². The van der Waals surface area contributed by atoms with E-state index in [9.17, 15) is 19.5 Å². The number of esters is 1. The predicted octanol–water partition coefficient (Wildman–Crippen LogP) is 2.11. The van der Waals surface area contributed by atoms with Crippen molar-refractivity contribution in [3.8, 4) is 0 Å². The fourth-order valence-electron chi connectivity index (χ4n) is 1.80. The van der Waals surface area contributed by atoms with Crippen LogP contribution in [0.4, 0.5) is 0 Å². The van der Waals surface area contributed by atoms with E-state index in [0.717, 1.165) is 0 Å². The first-order chi connectivity index (χ1) is 10.3. The van der Waals surface area contributed by atoms with Crippen molar-refractivity contribution in [2.45, 2.75) is 26.3 Å². The van der Waals surface area contributed by atoms with Crippen molar-refractivity contribution in [2.75, 3.05) is 6.61 Å². The molecule has 1 aromatic rings. The number of ether oxygens (including phenoxy) is 1. The number of carboxylic acids is 1. The van der Waals surface area contributed by atoms with Crippen molar-refractivity contribution in [1.29, 1.82) is 0 Å². The third-order valence-corrected chi connectivity index (χ3v) is 3.24. The largest absolute Gasteiger partial charge is 0.480 e. The van der Waals surface area contributed by atoms with E-state index < -0.39 is 29.8 Å². The Balaban J connectivity index is 2.71. The number of halogens is 1. The molecule has 2 N–H and O–H groups in total. The summed E-state index contributed by atoms with van der Waals surface area (Å²) in [7, 11) is 0. The van der Waals surface area contributed by atoms with Gasteiger partial charge in [-0.25, -0.2) is 4.79 Å². The number of carbonyl (C=O) groups is 3. The fourth-order valence-corrected chi connectivity index (χ4v) is 1.92. The van der Waals surface area contributed by atoms with Gasteiger partial charge in [0.15, 0.2) is 0 Å². The first-order valence-corrected chi connectivity index (χ1v) is 7.18. The van der Waals surface area contributed by atoms with Crippen LogP contribution in [0, 0.1) is 5.92 Å². The Labute approximate surface area is 133 Å². The Hall–Kier alpha value is -2.08. The van der Waals surface area contributed by atoms with Crippen LogP contribution in [0.25, 0.3) is 0 Å². The van der Waals surface area contributed by atoms with Gasteiger partial charge in [-0.05, 0) is 37.6 Å². The summed E-state index contributed by atoms with van der Waals surface area (Å²) in [5, 5.41) is 12.1. The smallest absolute Gasteiger partial charge is 0.326 e. The van der Waals surface area contributed by atoms with E-state index in [2.05, 4.69) is 5.32 Å². The molecule has 7 heteroatoms. The lowest BCUT2D eigenvalue weighted by Crippen LogP contribution is -2.42. The van der Waals surface area contributed by atoms with Gasteiger partial charge in [0.2, 0.25) is 0 Å². The number of hydrogen-bond donors (Lipinski definition) is 2. The van der Waals surface area contributed by atoms with Crippen molar-refractivity contribution in [3.63, 3.8) is 0 Å². The summed E-state index contributed by atoms with van der Waals surface area (Å²) in [6.45, 7) is 3.45. The van der Waals surface area contributed by atoms with Crippen LogP contribution in [0.3, 0.4) is 0 Å². The topological polar surface area (TPSA) is 92.7 Å². The molecule has 1 amide bonds. The van der Waals surface area contributed by atoms with Crippen LogP contribution in [0.15, 0.2) is 24.3 Å². The van der Waals surface area contributed by atoms with Crippen LogP contribution in [0.5, 0.6) is 0 Å². The van der Waals surface area contributed by atoms with Crippen LogP contribution in [-0.2, 0) is 14.3 Å². The molecule has 0 radical (unpaired) electrons. The molecule has 0 heterocycles. The molecule has 0 saturated heterocycles. The molecule has 6 nitrogen and oxygen atoms in total. The highest BCUT2D eigenvalue weighted by molar-refractivity contribution is 6.30. The van der Waals surface area contributed by atoms with E-state index in [1.165, 1.54) is 24.3 Å². The molecule has 0 aromatic heterocycles. The number of carboxylic acid groups (broad SMARTS) is 1. The predicted molar refractivity (Wildman–Crippen MR) is 80.8 cm³/mol. The summed E-state index contributed by atoms with van der Waals surface area (Å²) < 4.78 is 4.83. The van der Waals surface area contributed by atoms with Crippen LogP contribution < -0.4 is 5.32 Å². The van der Waals surface area contributed by atoms with E-state index in [-0.39, 0.29) is 13.0 Å². The Morgan fingerprint density at radius 1 is 1.27 bits per heavy atom. The number of rotatable bonds is 7. The third-order valence-electron chi connectivity index (χ3n) is 2.99. The van der Waals surface area contributed by atoms with Gasteiger partial charge in [0.25, 0.3) is 5.91 Å². The minimum atomic E-state index is -1.21. The second-order valence-electron chi connectivity index (χ2n) is 4.76. The molecule has 0 saturated carbocycles. The minimum Gasteiger partial charge on any atom is -0.480 e. The van der Waals surface area contributed by atoms with Gasteiger partial charge >= 0.3 is 11.9 Å². The minimum absolute atomic E-state index is 0.0481. The molecule has 0 fully saturated rings.